The molecule has 1 aliphatic rings. The summed E-state index contributed by atoms with van der Waals surface area (Å²) < 4.78 is 26.4. The van der Waals surface area contributed by atoms with Gasteiger partial charge in [-0.1, -0.05) is 0 Å². The molecule has 2 rings (SSSR count). The number of amides is 1. The maximum atomic E-state index is 12.1. The average molecular weight is 302 g/mol. The second-order valence-electron chi connectivity index (χ2n) is 4.73. The minimum Gasteiger partial charge on any atom is -0.333 e. The van der Waals surface area contributed by atoms with Crippen LogP contribution >= 0.6 is 0 Å². The second kappa shape index (κ2) is 5.46. The Balaban J connectivity index is 2.00. The van der Waals surface area contributed by atoms with E-state index in [1.165, 1.54) is 22.7 Å². The third kappa shape index (κ3) is 2.81. The number of piperazine rings is 1. The smallest absolute Gasteiger partial charge is 0.293 e. The number of hydrogen-bond acceptors (Lipinski definition) is 5. The molecule has 112 valence electrons. The normalized spacial score (nSPS) is 17.7. The van der Waals surface area contributed by atoms with Crippen LogP contribution in [-0.4, -0.2) is 83.3 Å². The van der Waals surface area contributed by atoms with Gasteiger partial charge in [0.1, 0.15) is 5.82 Å². The van der Waals surface area contributed by atoms with Gasteiger partial charge in [-0.3, -0.25) is 9.89 Å². The first kappa shape index (κ1) is 14.9. The van der Waals surface area contributed by atoms with Crippen LogP contribution in [0.4, 0.5) is 0 Å². The van der Waals surface area contributed by atoms with Crippen molar-refractivity contribution in [2.24, 2.45) is 0 Å². The molecule has 1 N–H and O–H groups in total. The third-order valence-corrected chi connectivity index (χ3v) is 5.04. The Bertz CT molecular complexity index is 588. The van der Waals surface area contributed by atoms with Crippen LogP contribution in [0.1, 0.15) is 16.4 Å². The van der Waals surface area contributed by atoms with Crippen molar-refractivity contribution in [3.8, 4) is 0 Å². The fraction of sp³-hybridized carbons (Fsp3) is 0.700. The monoisotopic (exact) mass is 302 g/mol. The lowest BCUT2D eigenvalue weighted by Gasteiger charge is -2.34. The Morgan fingerprint density at radius 3 is 2.30 bits per heavy atom. The molecule has 0 unspecified atom stereocenters. The van der Waals surface area contributed by atoms with E-state index in [1.807, 2.05) is 0 Å². The van der Waals surface area contributed by atoms with Crippen molar-refractivity contribution in [2.75, 3.05) is 40.3 Å². The lowest BCUT2D eigenvalue weighted by atomic mass is 10.3. The molecule has 0 aliphatic carbocycles. The minimum absolute atomic E-state index is 0.117. The Hall–Kier alpha value is -1.52. The lowest BCUT2D eigenvalue weighted by molar-refractivity contribution is 0.0683. The molecule has 0 spiro atoms. The van der Waals surface area contributed by atoms with E-state index < -0.39 is 10.2 Å². The molecule has 9 nitrogen and oxygen atoms in total. The fourth-order valence-corrected chi connectivity index (χ4v) is 3.02. The Kier molecular flexibility index (Phi) is 4.06. The van der Waals surface area contributed by atoms with Crippen LogP contribution in [0, 0.1) is 6.92 Å². The zero-order chi connectivity index (χ0) is 14.9. The van der Waals surface area contributed by atoms with Crippen molar-refractivity contribution >= 4 is 16.1 Å². The first-order valence-corrected chi connectivity index (χ1v) is 7.58. The molecule has 1 fully saturated rings. The van der Waals surface area contributed by atoms with Crippen LogP contribution in [0.25, 0.3) is 0 Å². The van der Waals surface area contributed by atoms with Crippen LogP contribution in [0.2, 0.25) is 0 Å². The van der Waals surface area contributed by atoms with Gasteiger partial charge in [-0.05, 0) is 6.92 Å². The number of aromatic nitrogens is 3. The lowest BCUT2D eigenvalue weighted by Crippen LogP contribution is -2.53. The van der Waals surface area contributed by atoms with Crippen molar-refractivity contribution < 1.29 is 13.2 Å². The predicted octanol–water partition coefficient (Wildman–Crippen LogP) is -1.32. The number of nitrogens with zero attached hydrogens (tertiary/aromatic N) is 5. The van der Waals surface area contributed by atoms with E-state index in [-0.39, 0.29) is 24.8 Å². The van der Waals surface area contributed by atoms with Crippen LogP contribution in [0.5, 0.6) is 0 Å². The molecule has 0 saturated carbocycles. The summed E-state index contributed by atoms with van der Waals surface area (Å²) in [5, 5.41) is 6.43. The van der Waals surface area contributed by atoms with Gasteiger partial charge in [0.2, 0.25) is 5.82 Å². The van der Waals surface area contributed by atoms with E-state index >= 15 is 0 Å². The summed E-state index contributed by atoms with van der Waals surface area (Å²) in [5.41, 5.74) is 0. The molecule has 1 aromatic heterocycles. The van der Waals surface area contributed by atoms with Gasteiger partial charge in [-0.2, -0.15) is 17.0 Å². The first-order chi connectivity index (χ1) is 9.32. The topological polar surface area (TPSA) is 102 Å². The molecule has 1 aromatic rings. The summed E-state index contributed by atoms with van der Waals surface area (Å²) in [4.78, 5) is 17.6. The first-order valence-electron chi connectivity index (χ1n) is 6.18. The summed E-state index contributed by atoms with van der Waals surface area (Å²) in [6.07, 6.45) is 0. The second-order valence-corrected chi connectivity index (χ2v) is 6.87. The van der Waals surface area contributed by atoms with E-state index in [2.05, 4.69) is 15.2 Å². The molecule has 20 heavy (non-hydrogen) atoms. The van der Waals surface area contributed by atoms with E-state index in [0.29, 0.717) is 18.9 Å². The zero-order valence-corrected chi connectivity index (χ0v) is 12.5. The van der Waals surface area contributed by atoms with Gasteiger partial charge in [0.05, 0.1) is 0 Å². The Morgan fingerprint density at radius 2 is 1.85 bits per heavy atom. The Labute approximate surface area is 117 Å². The highest BCUT2D eigenvalue weighted by Crippen LogP contribution is 2.11. The maximum absolute atomic E-state index is 12.1. The zero-order valence-electron chi connectivity index (χ0n) is 11.7. The molecule has 0 atom stereocenters. The molecular formula is C10H18N6O3S. The third-order valence-electron chi connectivity index (χ3n) is 3.10. The maximum Gasteiger partial charge on any atom is 0.293 e. The molecule has 1 aliphatic heterocycles. The largest absolute Gasteiger partial charge is 0.333 e. The molecule has 1 amide bonds. The van der Waals surface area contributed by atoms with Gasteiger partial charge < -0.3 is 4.90 Å². The van der Waals surface area contributed by atoms with Gasteiger partial charge in [0.15, 0.2) is 0 Å². The summed E-state index contributed by atoms with van der Waals surface area (Å²) in [6.45, 7) is 2.93. The SMILES string of the molecule is Cc1nc(C(=O)N2CCN(S(=O)(=O)N(C)C)CC2)n[nH]1. The molecule has 1 saturated heterocycles. The summed E-state index contributed by atoms with van der Waals surface area (Å²) >= 11 is 0. The number of aryl methyl sites for hydroxylation is 1. The van der Waals surface area contributed by atoms with E-state index in [4.69, 9.17) is 0 Å². The standard InChI is InChI=1S/C10H18N6O3S/c1-8-11-9(13-12-8)10(17)15-4-6-16(7-5-15)20(18,19)14(2)3/h4-7H2,1-3H3,(H,11,12,13). The number of H-pyrrole nitrogens is 1. The highest BCUT2D eigenvalue weighted by Gasteiger charge is 2.31. The summed E-state index contributed by atoms with van der Waals surface area (Å²) in [6, 6.07) is 0. The van der Waals surface area contributed by atoms with Gasteiger partial charge in [0.25, 0.3) is 16.1 Å². The van der Waals surface area contributed by atoms with Gasteiger partial charge in [-0.25, -0.2) is 4.98 Å². The molecule has 0 aromatic carbocycles. The summed E-state index contributed by atoms with van der Waals surface area (Å²) in [7, 11) is -0.440. The number of nitrogens with one attached hydrogen (secondary N) is 1. The minimum atomic E-state index is -3.42. The van der Waals surface area contributed by atoms with Crippen LogP contribution < -0.4 is 0 Å². The van der Waals surface area contributed by atoms with Gasteiger partial charge >= 0.3 is 0 Å². The van der Waals surface area contributed by atoms with Crippen LogP contribution in [-0.2, 0) is 10.2 Å². The van der Waals surface area contributed by atoms with E-state index in [1.54, 1.807) is 11.8 Å². The number of aromatic amines is 1. The average Bonchev–Trinajstić information content (AvgIpc) is 2.84. The molecular weight excluding hydrogens is 284 g/mol. The molecule has 0 radical (unpaired) electrons. The van der Waals surface area contributed by atoms with Crippen molar-refractivity contribution in [1.82, 2.24) is 28.7 Å². The summed E-state index contributed by atoms with van der Waals surface area (Å²) in [5.74, 6) is 0.407. The predicted molar refractivity (Wildman–Crippen MR) is 71.2 cm³/mol. The van der Waals surface area contributed by atoms with E-state index in [9.17, 15) is 13.2 Å². The number of hydrogen-bond donors (Lipinski definition) is 1. The van der Waals surface area contributed by atoms with Crippen LogP contribution in [0.15, 0.2) is 0 Å². The van der Waals surface area contributed by atoms with Crippen molar-refractivity contribution in [3.63, 3.8) is 0 Å². The quantitative estimate of drug-likeness (QED) is 0.746. The highest BCUT2D eigenvalue weighted by molar-refractivity contribution is 7.86. The Morgan fingerprint density at radius 1 is 1.25 bits per heavy atom. The molecule has 2 heterocycles. The van der Waals surface area contributed by atoms with Crippen molar-refractivity contribution in [2.45, 2.75) is 6.92 Å². The number of carbonyl (C=O) groups is 1. The van der Waals surface area contributed by atoms with Gasteiger partial charge in [-0.15, -0.1) is 5.10 Å². The van der Waals surface area contributed by atoms with Crippen molar-refractivity contribution in [3.05, 3.63) is 11.6 Å². The molecule has 10 heteroatoms. The highest BCUT2D eigenvalue weighted by atomic mass is 32.2. The van der Waals surface area contributed by atoms with Gasteiger partial charge in [0, 0.05) is 40.3 Å². The number of carbonyl (C=O) groups excluding carboxylic acids is 1. The number of rotatable bonds is 3. The fourth-order valence-electron chi connectivity index (χ4n) is 1.93. The van der Waals surface area contributed by atoms with E-state index in [0.717, 1.165) is 0 Å². The molecule has 0 bridgehead atoms. The van der Waals surface area contributed by atoms with Crippen LogP contribution in [0.3, 0.4) is 0 Å². The van der Waals surface area contributed by atoms with Crippen molar-refractivity contribution in [1.29, 1.82) is 0 Å².